The molecule has 0 aliphatic carbocycles. The van der Waals surface area contributed by atoms with E-state index in [1.807, 2.05) is 29.2 Å². The summed E-state index contributed by atoms with van der Waals surface area (Å²) in [5, 5.41) is 0. The van der Waals surface area contributed by atoms with E-state index in [9.17, 15) is 9.59 Å². The lowest BCUT2D eigenvalue weighted by Gasteiger charge is -2.37. The fraction of sp³-hybridized carbons (Fsp3) is 0.417. The van der Waals surface area contributed by atoms with Crippen molar-refractivity contribution in [1.29, 1.82) is 0 Å². The zero-order valence-electron chi connectivity index (χ0n) is 17.8. The van der Waals surface area contributed by atoms with Gasteiger partial charge in [0.25, 0.3) is 0 Å². The standard InChI is InChI=1S/C24H27N3O4/c1-17-4-2-3-5-20(17)25-8-10-26(11-9-25)24(29)18-14-23(28)27(16-18)19-6-7-21-22(15-19)31-13-12-30-21/h2-7,15,18H,8-14,16H2,1H3/t18-/m0/s1. The van der Waals surface area contributed by atoms with Gasteiger partial charge in [-0.1, -0.05) is 18.2 Å². The van der Waals surface area contributed by atoms with Crippen molar-refractivity contribution >= 4 is 23.2 Å². The Bertz CT molecular complexity index is 1000. The molecule has 2 fully saturated rings. The molecule has 0 aromatic heterocycles. The number of fused-ring (bicyclic) bond motifs is 1. The maximum atomic E-state index is 13.1. The minimum Gasteiger partial charge on any atom is -0.486 e. The van der Waals surface area contributed by atoms with Crippen molar-refractivity contribution in [3.8, 4) is 11.5 Å². The van der Waals surface area contributed by atoms with Crippen LogP contribution in [0.15, 0.2) is 42.5 Å². The minimum absolute atomic E-state index is 0.0198. The lowest BCUT2D eigenvalue weighted by Crippen LogP contribution is -2.50. The van der Waals surface area contributed by atoms with Gasteiger partial charge in [-0.15, -0.1) is 0 Å². The van der Waals surface area contributed by atoms with Gasteiger partial charge in [0.2, 0.25) is 11.8 Å². The molecule has 0 N–H and O–H groups in total. The van der Waals surface area contributed by atoms with E-state index in [0.717, 1.165) is 18.8 Å². The molecule has 31 heavy (non-hydrogen) atoms. The van der Waals surface area contributed by atoms with Crippen molar-refractivity contribution in [1.82, 2.24) is 4.90 Å². The molecule has 0 spiro atoms. The van der Waals surface area contributed by atoms with Gasteiger partial charge in [-0.05, 0) is 30.7 Å². The first kappa shape index (κ1) is 19.7. The van der Waals surface area contributed by atoms with Crippen LogP contribution in [0.5, 0.6) is 11.5 Å². The molecule has 3 aliphatic heterocycles. The molecule has 1 atom stereocenters. The van der Waals surface area contributed by atoms with E-state index in [0.29, 0.717) is 44.3 Å². The number of carbonyl (C=O) groups excluding carboxylic acids is 2. The van der Waals surface area contributed by atoms with Crippen LogP contribution in [0.3, 0.4) is 0 Å². The largest absolute Gasteiger partial charge is 0.486 e. The predicted octanol–water partition coefficient (Wildman–Crippen LogP) is 2.47. The third-order valence-corrected chi connectivity index (χ3v) is 6.36. The van der Waals surface area contributed by atoms with E-state index in [1.165, 1.54) is 11.3 Å². The number of piperazine rings is 1. The molecule has 0 radical (unpaired) electrons. The highest BCUT2D eigenvalue weighted by Crippen LogP contribution is 2.36. The molecule has 7 heteroatoms. The fourth-order valence-electron chi connectivity index (χ4n) is 4.67. The number of amides is 2. The van der Waals surface area contributed by atoms with E-state index < -0.39 is 0 Å². The van der Waals surface area contributed by atoms with Gasteiger partial charge in [0.1, 0.15) is 13.2 Å². The number of carbonyl (C=O) groups is 2. The summed E-state index contributed by atoms with van der Waals surface area (Å²) in [7, 11) is 0. The molecular formula is C24H27N3O4. The summed E-state index contributed by atoms with van der Waals surface area (Å²) >= 11 is 0. The zero-order chi connectivity index (χ0) is 21.4. The second kappa shape index (κ2) is 8.13. The second-order valence-corrected chi connectivity index (χ2v) is 8.33. The average molecular weight is 421 g/mol. The van der Waals surface area contributed by atoms with Gasteiger partial charge in [0.05, 0.1) is 5.92 Å². The summed E-state index contributed by atoms with van der Waals surface area (Å²) in [4.78, 5) is 31.8. The van der Waals surface area contributed by atoms with E-state index >= 15 is 0 Å². The summed E-state index contributed by atoms with van der Waals surface area (Å²) < 4.78 is 11.2. The fourth-order valence-corrected chi connectivity index (χ4v) is 4.67. The van der Waals surface area contributed by atoms with Crippen LogP contribution in [-0.4, -0.2) is 62.7 Å². The van der Waals surface area contributed by atoms with Gasteiger partial charge in [-0.2, -0.15) is 0 Å². The monoisotopic (exact) mass is 421 g/mol. The van der Waals surface area contributed by atoms with Crippen LogP contribution in [0.25, 0.3) is 0 Å². The first-order chi connectivity index (χ1) is 15.1. The van der Waals surface area contributed by atoms with E-state index in [4.69, 9.17) is 9.47 Å². The molecular weight excluding hydrogens is 394 g/mol. The quantitative estimate of drug-likeness (QED) is 0.762. The molecule has 2 amide bonds. The maximum Gasteiger partial charge on any atom is 0.228 e. The SMILES string of the molecule is Cc1ccccc1N1CCN(C(=O)[C@H]2CC(=O)N(c3ccc4c(c3)OCCO4)C2)CC1. The van der Waals surface area contributed by atoms with Crippen LogP contribution >= 0.6 is 0 Å². The topological polar surface area (TPSA) is 62.3 Å². The number of nitrogens with zero attached hydrogens (tertiary/aromatic N) is 3. The van der Waals surface area contributed by atoms with Crippen LogP contribution < -0.4 is 19.3 Å². The Morgan fingerprint density at radius 2 is 1.71 bits per heavy atom. The Kier molecular flexibility index (Phi) is 5.18. The van der Waals surface area contributed by atoms with Gasteiger partial charge in [-0.25, -0.2) is 0 Å². The number of aryl methyl sites for hydroxylation is 1. The summed E-state index contributed by atoms with van der Waals surface area (Å²) in [6, 6.07) is 13.9. The van der Waals surface area contributed by atoms with Crippen molar-refractivity contribution in [2.75, 3.05) is 55.7 Å². The van der Waals surface area contributed by atoms with Crippen LogP contribution in [0.1, 0.15) is 12.0 Å². The number of rotatable bonds is 3. The highest BCUT2D eigenvalue weighted by atomic mass is 16.6. The first-order valence-electron chi connectivity index (χ1n) is 10.9. The average Bonchev–Trinajstić information content (AvgIpc) is 3.20. The van der Waals surface area contributed by atoms with Gasteiger partial charge in [-0.3, -0.25) is 9.59 Å². The first-order valence-corrected chi connectivity index (χ1v) is 10.9. The Morgan fingerprint density at radius 1 is 0.968 bits per heavy atom. The number of hydrogen-bond acceptors (Lipinski definition) is 5. The molecule has 2 aromatic carbocycles. The number of anilines is 2. The van der Waals surface area contributed by atoms with Crippen molar-refractivity contribution in [2.24, 2.45) is 5.92 Å². The Morgan fingerprint density at radius 3 is 2.48 bits per heavy atom. The van der Waals surface area contributed by atoms with Crippen molar-refractivity contribution in [2.45, 2.75) is 13.3 Å². The molecule has 162 valence electrons. The molecule has 7 nitrogen and oxygen atoms in total. The molecule has 2 saturated heterocycles. The molecule has 3 heterocycles. The summed E-state index contributed by atoms with van der Waals surface area (Å²) in [6.07, 6.45) is 0.255. The third-order valence-electron chi connectivity index (χ3n) is 6.36. The van der Waals surface area contributed by atoms with Crippen molar-refractivity contribution in [3.05, 3.63) is 48.0 Å². The summed E-state index contributed by atoms with van der Waals surface area (Å²) in [6.45, 7) is 6.54. The molecule has 5 rings (SSSR count). The molecule has 0 saturated carbocycles. The summed E-state index contributed by atoms with van der Waals surface area (Å²) in [5.74, 6) is 1.11. The van der Waals surface area contributed by atoms with Gasteiger partial charge in [0.15, 0.2) is 11.5 Å². The normalized spacial score (nSPS) is 20.9. The predicted molar refractivity (Wildman–Crippen MR) is 118 cm³/mol. The zero-order valence-corrected chi connectivity index (χ0v) is 17.8. The highest BCUT2D eigenvalue weighted by Gasteiger charge is 2.38. The van der Waals surface area contributed by atoms with E-state index in [2.05, 4.69) is 30.0 Å². The van der Waals surface area contributed by atoms with Gasteiger partial charge in [0, 0.05) is 56.6 Å². The van der Waals surface area contributed by atoms with Gasteiger partial charge >= 0.3 is 0 Å². The number of hydrogen-bond donors (Lipinski definition) is 0. The maximum absolute atomic E-state index is 13.1. The minimum atomic E-state index is -0.300. The van der Waals surface area contributed by atoms with Crippen LogP contribution in [0.4, 0.5) is 11.4 Å². The van der Waals surface area contributed by atoms with Crippen LogP contribution in [0.2, 0.25) is 0 Å². The third kappa shape index (κ3) is 3.80. The highest BCUT2D eigenvalue weighted by molar-refractivity contribution is 6.00. The number of para-hydroxylation sites is 1. The molecule has 0 bridgehead atoms. The smallest absolute Gasteiger partial charge is 0.228 e. The lowest BCUT2D eigenvalue weighted by atomic mass is 10.1. The molecule has 3 aliphatic rings. The molecule has 0 unspecified atom stereocenters. The van der Waals surface area contributed by atoms with Gasteiger partial charge < -0.3 is 24.2 Å². The lowest BCUT2D eigenvalue weighted by molar-refractivity contribution is -0.136. The van der Waals surface area contributed by atoms with E-state index in [1.54, 1.807) is 4.90 Å². The number of ether oxygens (including phenoxy) is 2. The van der Waals surface area contributed by atoms with Crippen LogP contribution in [-0.2, 0) is 9.59 Å². The number of benzene rings is 2. The van der Waals surface area contributed by atoms with Crippen molar-refractivity contribution in [3.63, 3.8) is 0 Å². The molecule has 2 aromatic rings. The second-order valence-electron chi connectivity index (χ2n) is 8.33. The van der Waals surface area contributed by atoms with E-state index in [-0.39, 0.29) is 24.2 Å². The Hall–Kier alpha value is -3.22. The van der Waals surface area contributed by atoms with Crippen molar-refractivity contribution < 1.29 is 19.1 Å². The Balaban J connectivity index is 1.22. The van der Waals surface area contributed by atoms with Crippen LogP contribution in [0, 0.1) is 12.8 Å². The Labute approximate surface area is 182 Å². The summed E-state index contributed by atoms with van der Waals surface area (Å²) in [5.41, 5.74) is 3.24.